The third kappa shape index (κ3) is 4.53. The quantitative estimate of drug-likeness (QED) is 0.831. The highest BCUT2D eigenvalue weighted by molar-refractivity contribution is 5.77. The first kappa shape index (κ1) is 16.5. The number of aryl methyl sites for hydroxylation is 1. The summed E-state index contributed by atoms with van der Waals surface area (Å²) in [5, 5.41) is 0. The number of nitrogens with zero attached hydrogens (tertiary/aromatic N) is 1. The number of nitrogens with two attached hydrogens (primary N) is 1. The molecule has 1 aromatic rings. The molecule has 1 amide bonds. The number of rotatable bonds is 7. The average Bonchev–Trinajstić information content (AvgIpc) is 2.45. The van der Waals surface area contributed by atoms with Gasteiger partial charge in [0, 0.05) is 19.6 Å². The van der Waals surface area contributed by atoms with Gasteiger partial charge in [-0.1, -0.05) is 25.1 Å². The van der Waals surface area contributed by atoms with Crippen molar-refractivity contribution in [1.82, 2.24) is 4.90 Å². The van der Waals surface area contributed by atoms with Crippen molar-refractivity contribution in [2.45, 2.75) is 39.7 Å². The molecule has 1 unspecified atom stereocenters. The minimum absolute atomic E-state index is 0.0125. The Morgan fingerprint density at radius 2 is 2.10 bits per heavy atom. The first-order valence-electron chi connectivity index (χ1n) is 7.20. The van der Waals surface area contributed by atoms with Crippen LogP contribution in [-0.2, 0) is 11.2 Å². The third-order valence-electron chi connectivity index (χ3n) is 3.54. The Bertz CT molecular complexity index is 446. The predicted molar refractivity (Wildman–Crippen MR) is 82.0 cm³/mol. The maximum atomic E-state index is 11.8. The minimum Gasteiger partial charge on any atom is -0.483 e. The molecule has 0 saturated carbocycles. The van der Waals surface area contributed by atoms with Crippen molar-refractivity contribution in [2.24, 2.45) is 5.73 Å². The highest BCUT2D eigenvalue weighted by Gasteiger charge is 2.13. The summed E-state index contributed by atoms with van der Waals surface area (Å²) in [4.78, 5) is 13.5. The lowest BCUT2D eigenvalue weighted by Gasteiger charge is -2.18. The van der Waals surface area contributed by atoms with Crippen molar-refractivity contribution in [2.75, 3.05) is 20.2 Å². The first-order valence-corrected chi connectivity index (χ1v) is 7.20. The van der Waals surface area contributed by atoms with Crippen LogP contribution < -0.4 is 10.5 Å². The van der Waals surface area contributed by atoms with Crippen LogP contribution in [-0.4, -0.2) is 37.0 Å². The molecule has 0 heterocycles. The van der Waals surface area contributed by atoms with E-state index in [2.05, 4.69) is 6.92 Å². The Hall–Kier alpha value is -1.55. The van der Waals surface area contributed by atoms with Crippen molar-refractivity contribution < 1.29 is 9.53 Å². The van der Waals surface area contributed by atoms with Gasteiger partial charge in [-0.3, -0.25) is 4.79 Å². The highest BCUT2D eigenvalue weighted by Crippen LogP contribution is 2.25. The monoisotopic (exact) mass is 278 g/mol. The molecule has 0 saturated heterocycles. The maximum absolute atomic E-state index is 11.8. The van der Waals surface area contributed by atoms with Crippen molar-refractivity contribution in [3.8, 4) is 5.75 Å². The minimum atomic E-state index is -0.0125. The number of hydrogen-bond acceptors (Lipinski definition) is 3. The Balaban J connectivity index is 2.80. The lowest BCUT2D eigenvalue weighted by atomic mass is 10.0. The molecular formula is C16H26N2O2. The lowest BCUT2D eigenvalue weighted by molar-refractivity contribution is -0.131. The molecule has 0 spiro atoms. The Labute approximate surface area is 121 Å². The van der Waals surface area contributed by atoms with Gasteiger partial charge in [0.15, 0.2) is 6.61 Å². The van der Waals surface area contributed by atoms with Crippen LogP contribution in [0.5, 0.6) is 5.75 Å². The lowest BCUT2D eigenvalue weighted by Crippen LogP contribution is -2.31. The molecule has 0 aromatic heterocycles. The summed E-state index contributed by atoms with van der Waals surface area (Å²) in [6.45, 7) is 6.76. The molecule has 1 rings (SSSR count). The van der Waals surface area contributed by atoms with Gasteiger partial charge in [0.2, 0.25) is 0 Å². The van der Waals surface area contributed by atoms with Crippen LogP contribution in [0, 0.1) is 6.92 Å². The van der Waals surface area contributed by atoms with Crippen LogP contribution in [0.4, 0.5) is 0 Å². The zero-order valence-corrected chi connectivity index (χ0v) is 13.0. The number of hydrogen-bond donors (Lipinski definition) is 1. The SMILES string of the molecule is CCC(N)Cc1cccc(C)c1OCC(=O)N(C)CC. The smallest absolute Gasteiger partial charge is 0.260 e. The van der Waals surface area contributed by atoms with Gasteiger partial charge in [0.25, 0.3) is 5.91 Å². The van der Waals surface area contributed by atoms with E-state index < -0.39 is 0 Å². The normalized spacial score (nSPS) is 12.1. The van der Waals surface area contributed by atoms with Crippen molar-refractivity contribution >= 4 is 5.91 Å². The molecule has 1 aromatic carbocycles. The molecule has 0 aliphatic carbocycles. The fraction of sp³-hybridized carbons (Fsp3) is 0.562. The van der Waals surface area contributed by atoms with Crippen LogP contribution in [0.15, 0.2) is 18.2 Å². The van der Waals surface area contributed by atoms with E-state index in [0.29, 0.717) is 6.54 Å². The topological polar surface area (TPSA) is 55.6 Å². The number of amides is 1. The zero-order valence-electron chi connectivity index (χ0n) is 13.0. The second kappa shape index (κ2) is 7.90. The summed E-state index contributed by atoms with van der Waals surface area (Å²) in [5.41, 5.74) is 8.13. The molecule has 4 heteroatoms. The number of ether oxygens (including phenoxy) is 1. The molecule has 0 aliphatic heterocycles. The number of carbonyl (C=O) groups excluding carboxylic acids is 1. The molecule has 0 fully saturated rings. The zero-order chi connectivity index (χ0) is 15.1. The summed E-state index contributed by atoms with van der Waals surface area (Å²) >= 11 is 0. The largest absolute Gasteiger partial charge is 0.483 e. The second-order valence-electron chi connectivity index (χ2n) is 5.13. The van der Waals surface area contributed by atoms with Crippen molar-refractivity contribution in [3.63, 3.8) is 0 Å². The van der Waals surface area contributed by atoms with E-state index in [1.165, 1.54) is 0 Å². The van der Waals surface area contributed by atoms with Crippen LogP contribution in [0.1, 0.15) is 31.4 Å². The van der Waals surface area contributed by atoms with E-state index in [1.807, 2.05) is 32.0 Å². The molecule has 0 radical (unpaired) electrons. The fourth-order valence-corrected chi connectivity index (χ4v) is 1.93. The number of para-hydroxylation sites is 1. The standard InChI is InChI=1S/C16H26N2O2/c1-5-14(17)10-13-9-7-8-12(3)16(13)20-11-15(19)18(4)6-2/h7-9,14H,5-6,10-11,17H2,1-4H3. The average molecular weight is 278 g/mol. The Kier molecular flexibility index (Phi) is 6.52. The first-order chi connectivity index (χ1) is 9.49. The van der Waals surface area contributed by atoms with Crippen LogP contribution in [0.25, 0.3) is 0 Å². The van der Waals surface area contributed by atoms with Crippen LogP contribution >= 0.6 is 0 Å². The van der Waals surface area contributed by atoms with Crippen molar-refractivity contribution in [1.29, 1.82) is 0 Å². The van der Waals surface area contributed by atoms with Crippen LogP contribution in [0.2, 0.25) is 0 Å². The molecule has 112 valence electrons. The van der Waals surface area contributed by atoms with Gasteiger partial charge >= 0.3 is 0 Å². The molecule has 0 aliphatic rings. The van der Waals surface area contributed by atoms with E-state index in [0.717, 1.165) is 29.7 Å². The predicted octanol–water partition coefficient (Wildman–Crippen LogP) is 2.13. The van der Waals surface area contributed by atoms with Gasteiger partial charge in [-0.25, -0.2) is 0 Å². The van der Waals surface area contributed by atoms with Gasteiger partial charge in [-0.2, -0.15) is 0 Å². The maximum Gasteiger partial charge on any atom is 0.260 e. The summed E-state index contributed by atoms with van der Waals surface area (Å²) in [6.07, 6.45) is 1.69. The van der Waals surface area contributed by atoms with Crippen molar-refractivity contribution in [3.05, 3.63) is 29.3 Å². The number of benzene rings is 1. The van der Waals surface area contributed by atoms with Gasteiger partial charge in [-0.15, -0.1) is 0 Å². The number of carbonyl (C=O) groups is 1. The second-order valence-corrected chi connectivity index (χ2v) is 5.13. The molecular weight excluding hydrogens is 252 g/mol. The molecule has 2 N–H and O–H groups in total. The highest BCUT2D eigenvalue weighted by atomic mass is 16.5. The van der Waals surface area contributed by atoms with E-state index in [4.69, 9.17) is 10.5 Å². The van der Waals surface area contributed by atoms with E-state index in [1.54, 1.807) is 11.9 Å². The summed E-state index contributed by atoms with van der Waals surface area (Å²) < 4.78 is 5.75. The Morgan fingerprint density at radius 3 is 2.70 bits per heavy atom. The van der Waals surface area contributed by atoms with Gasteiger partial charge in [-0.05, 0) is 37.8 Å². The van der Waals surface area contributed by atoms with Gasteiger partial charge in [0.05, 0.1) is 0 Å². The molecule has 1 atom stereocenters. The third-order valence-corrected chi connectivity index (χ3v) is 3.54. The van der Waals surface area contributed by atoms with Gasteiger partial charge < -0.3 is 15.4 Å². The molecule has 0 bridgehead atoms. The Morgan fingerprint density at radius 1 is 1.40 bits per heavy atom. The van der Waals surface area contributed by atoms with Gasteiger partial charge in [0.1, 0.15) is 5.75 Å². The van der Waals surface area contributed by atoms with E-state index in [9.17, 15) is 4.79 Å². The van der Waals surface area contributed by atoms with Crippen LogP contribution in [0.3, 0.4) is 0 Å². The summed E-state index contributed by atoms with van der Waals surface area (Å²) in [6, 6.07) is 6.13. The van der Waals surface area contributed by atoms with E-state index >= 15 is 0 Å². The summed E-state index contributed by atoms with van der Waals surface area (Å²) in [7, 11) is 1.78. The molecule has 20 heavy (non-hydrogen) atoms. The molecule has 4 nitrogen and oxygen atoms in total. The fourth-order valence-electron chi connectivity index (χ4n) is 1.93. The summed E-state index contributed by atoms with van der Waals surface area (Å²) in [5.74, 6) is 0.788. The van der Waals surface area contributed by atoms with E-state index in [-0.39, 0.29) is 18.6 Å². The number of likely N-dealkylation sites (N-methyl/N-ethyl adjacent to an activating group) is 1.